The Morgan fingerprint density at radius 1 is 1.13 bits per heavy atom. The van der Waals surface area contributed by atoms with Gasteiger partial charge in [0.25, 0.3) is 0 Å². The van der Waals surface area contributed by atoms with Crippen molar-refractivity contribution in [1.82, 2.24) is 5.32 Å². The van der Waals surface area contributed by atoms with Gasteiger partial charge < -0.3 is 20.3 Å². The monoisotopic (exact) mass is 438 g/mol. The van der Waals surface area contributed by atoms with Crippen molar-refractivity contribution < 1.29 is 24.5 Å². The summed E-state index contributed by atoms with van der Waals surface area (Å²) in [5.41, 5.74) is 1.16. The first-order valence-electron chi connectivity index (χ1n) is 9.37. The fraction of sp³-hybridized carbons (Fsp3) is 0.174. The van der Waals surface area contributed by atoms with E-state index in [0.29, 0.717) is 17.0 Å². The van der Waals surface area contributed by atoms with E-state index in [0.717, 1.165) is 34.4 Å². The summed E-state index contributed by atoms with van der Waals surface area (Å²) in [6.45, 7) is 0.878. The zero-order valence-corrected chi connectivity index (χ0v) is 17.6. The standard InChI is InChI=1S/C19H18N2OS.C4H4O4/c1-21-11-10-17(14-6-3-2-4-7-14)22-18-9-5-8-15-12-16(13-20)23-19(15)18;5-3(6)1-2-4(7)8/h2-9,12,17,21H,10-11H2,1H3;1-2H,(H,5,6)(H,7,8)/t17-;/m1./s1. The summed E-state index contributed by atoms with van der Waals surface area (Å²) in [5, 5.41) is 29.0. The molecular formula is C23H22N2O5S. The van der Waals surface area contributed by atoms with E-state index in [-0.39, 0.29) is 6.10 Å². The zero-order chi connectivity index (χ0) is 22.6. The molecule has 31 heavy (non-hydrogen) atoms. The van der Waals surface area contributed by atoms with Crippen LogP contribution in [0.25, 0.3) is 10.1 Å². The van der Waals surface area contributed by atoms with Gasteiger partial charge in [-0.15, -0.1) is 11.3 Å². The van der Waals surface area contributed by atoms with Crippen LogP contribution >= 0.6 is 11.3 Å². The quantitative estimate of drug-likeness (QED) is 0.451. The molecule has 0 amide bonds. The van der Waals surface area contributed by atoms with Gasteiger partial charge in [-0.2, -0.15) is 5.26 Å². The van der Waals surface area contributed by atoms with Crippen molar-refractivity contribution in [3.05, 3.63) is 77.2 Å². The number of hydrogen-bond acceptors (Lipinski definition) is 6. The summed E-state index contributed by atoms with van der Waals surface area (Å²) >= 11 is 1.48. The SMILES string of the molecule is CNCC[C@@H](Oc1cccc2cc(C#N)sc12)c1ccccc1.O=C(O)C=CC(=O)O. The van der Waals surface area contributed by atoms with Gasteiger partial charge >= 0.3 is 11.9 Å². The first-order valence-corrected chi connectivity index (χ1v) is 10.2. The maximum atomic E-state index is 9.55. The minimum atomic E-state index is -1.26. The summed E-state index contributed by atoms with van der Waals surface area (Å²) in [5.74, 6) is -1.67. The third kappa shape index (κ3) is 7.59. The average Bonchev–Trinajstić information content (AvgIpc) is 3.20. The lowest BCUT2D eigenvalue weighted by atomic mass is 10.1. The van der Waals surface area contributed by atoms with E-state index in [4.69, 9.17) is 20.2 Å². The molecule has 160 valence electrons. The van der Waals surface area contributed by atoms with Crippen LogP contribution in [0.4, 0.5) is 0 Å². The van der Waals surface area contributed by atoms with Crippen molar-refractivity contribution in [2.24, 2.45) is 0 Å². The summed E-state index contributed by atoms with van der Waals surface area (Å²) in [4.78, 5) is 19.8. The molecule has 7 nitrogen and oxygen atoms in total. The number of thiophene rings is 1. The van der Waals surface area contributed by atoms with Crippen molar-refractivity contribution in [3.8, 4) is 11.8 Å². The topological polar surface area (TPSA) is 120 Å². The van der Waals surface area contributed by atoms with E-state index >= 15 is 0 Å². The fourth-order valence-corrected chi connectivity index (χ4v) is 3.63. The molecule has 0 saturated carbocycles. The van der Waals surface area contributed by atoms with Gasteiger partial charge in [0.05, 0.1) is 4.70 Å². The first kappa shape index (κ1) is 23.6. The summed E-state index contributed by atoms with van der Waals surface area (Å²) in [7, 11) is 1.95. The third-order valence-electron chi connectivity index (χ3n) is 4.08. The molecule has 1 atom stereocenters. The highest BCUT2D eigenvalue weighted by Gasteiger charge is 2.15. The smallest absolute Gasteiger partial charge is 0.328 e. The van der Waals surface area contributed by atoms with E-state index in [2.05, 4.69) is 23.5 Å². The lowest BCUT2D eigenvalue weighted by molar-refractivity contribution is -0.134. The molecular weight excluding hydrogens is 416 g/mol. The minimum Gasteiger partial charge on any atom is -0.484 e. The molecule has 0 aliphatic rings. The van der Waals surface area contributed by atoms with Gasteiger partial charge in [0.2, 0.25) is 0 Å². The molecule has 0 unspecified atom stereocenters. The molecule has 1 aromatic heterocycles. The molecule has 0 saturated heterocycles. The number of carbonyl (C=O) groups is 2. The highest BCUT2D eigenvalue weighted by Crippen LogP contribution is 2.36. The van der Waals surface area contributed by atoms with Crippen LogP contribution in [-0.4, -0.2) is 35.7 Å². The van der Waals surface area contributed by atoms with E-state index in [9.17, 15) is 9.59 Å². The largest absolute Gasteiger partial charge is 0.484 e. The molecule has 3 aromatic rings. The van der Waals surface area contributed by atoms with Gasteiger partial charge in [-0.25, -0.2) is 9.59 Å². The Hall–Kier alpha value is -3.67. The molecule has 0 fully saturated rings. The Morgan fingerprint density at radius 2 is 1.81 bits per heavy atom. The molecule has 0 aliphatic heterocycles. The van der Waals surface area contributed by atoms with Crippen molar-refractivity contribution in [3.63, 3.8) is 0 Å². The Kier molecular flexibility index (Phi) is 9.23. The summed E-state index contributed by atoms with van der Waals surface area (Å²) in [6, 6.07) is 20.4. The normalized spacial score (nSPS) is 11.4. The van der Waals surface area contributed by atoms with Crippen molar-refractivity contribution in [2.75, 3.05) is 13.6 Å². The average molecular weight is 439 g/mol. The lowest BCUT2D eigenvalue weighted by Gasteiger charge is -2.20. The molecule has 0 aliphatic carbocycles. The van der Waals surface area contributed by atoms with Crippen molar-refractivity contribution in [2.45, 2.75) is 12.5 Å². The molecule has 3 N–H and O–H groups in total. The number of nitriles is 1. The van der Waals surface area contributed by atoms with E-state index in [1.165, 1.54) is 11.3 Å². The number of hydrogen-bond donors (Lipinski definition) is 3. The Labute approximate surface area is 183 Å². The van der Waals surface area contributed by atoms with Crippen LogP contribution < -0.4 is 10.1 Å². The van der Waals surface area contributed by atoms with E-state index < -0.39 is 11.9 Å². The van der Waals surface area contributed by atoms with E-state index in [1.54, 1.807) is 0 Å². The number of fused-ring (bicyclic) bond motifs is 1. The van der Waals surface area contributed by atoms with Crippen LogP contribution in [0.15, 0.2) is 66.7 Å². The molecule has 1 heterocycles. The Bertz CT molecular complexity index is 1070. The summed E-state index contributed by atoms with van der Waals surface area (Å²) in [6.07, 6.45) is 1.99. The van der Waals surface area contributed by atoms with Crippen LogP contribution in [0.5, 0.6) is 5.75 Å². The molecule has 2 aromatic carbocycles. The van der Waals surface area contributed by atoms with Crippen molar-refractivity contribution >= 4 is 33.4 Å². The highest BCUT2D eigenvalue weighted by molar-refractivity contribution is 7.19. The van der Waals surface area contributed by atoms with Crippen LogP contribution in [-0.2, 0) is 9.59 Å². The third-order valence-corrected chi connectivity index (χ3v) is 5.15. The Balaban J connectivity index is 0.000000366. The lowest BCUT2D eigenvalue weighted by Crippen LogP contribution is -2.16. The highest BCUT2D eigenvalue weighted by atomic mass is 32.1. The number of nitrogens with one attached hydrogen (secondary N) is 1. The second-order valence-electron chi connectivity index (χ2n) is 6.32. The molecule has 3 rings (SSSR count). The van der Waals surface area contributed by atoms with Crippen LogP contribution in [0.2, 0.25) is 0 Å². The van der Waals surface area contributed by atoms with Gasteiger partial charge in [0.15, 0.2) is 0 Å². The first-order chi connectivity index (χ1) is 14.9. The molecule has 0 radical (unpaired) electrons. The zero-order valence-electron chi connectivity index (χ0n) is 16.8. The van der Waals surface area contributed by atoms with Gasteiger partial charge in [-0.3, -0.25) is 0 Å². The minimum absolute atomic E-state index is 0.0121. The summed E-state index contributed by atoms with van der Waals surface area (Å²) < 4.78 is 7.37. The number of nitrogens with zero attached hydrogens (tertiary/aromatic N) is 1. The van der Waals surface area contributed by atoms with Gasteiger partial charge in [-0.1, -0.05) is 42.5 Å². The van der Waals surface area contributed by atoms with Crippen LogP contribution in [0, 0.1) is 11.3 Å². The number of carboxylic acids is 2. The van der Waals surface area contributed by atoms with Crippen molar-refractivity contribution in [1.29, 1.82) is 5.26 Å². The molecule has 8 heteroatoms. The maximum absolute atomic E-state index is 9.55. The second kappa shape index (κ2) is 12.1. The van der Waals surface area contributed by atoms with Gasteiger partial charge in [-0.05, 0) is 36.7 Å². The fourth-order valence-electron chi connectivity index (χ4n) is 2.72. The van der Waals surface area contributed by atoms with Gasteiger partial charge in [0.1, 0.15) is 22.8 Å². The second-order valence-corrected chi connectivity index (χ2v) is 7.37. The number of ether oxygens (including phenoxy) is 1. The predicted molar refractivity (Wildman–Crippen MR) is 119 cm³/mol. The molecule has 0 spiro atoms. The van der Waals surface area contributed by atoms with Gasteiger partial charge in [0, 0.05) is 18.6 Å². The van der Waals surface area contributed by atoms with E-state index in [1.807, 2.05) is 49.5 Å². The number of aliphatic carboxylic acids is 2. The maximum Gasteiger partial charge on any atom is 0.328 e. The Morgan fingerprint density at radius 3 is 2.39 bits per heavy atom. The number of rotatable bonds is 8. The predicted octanol–water partition coefficient (Wildman–Crippen LogP) is 4.21. The number of benzene rings is 2. The number of carboxylic acid groups (broad SMARTS) is 2. The molecule has 0 bridgehead atoms. The van der Waals surface area contributed by atoms with Crippen LogP contribution in [0.1, 0.15) is 23.0 Å². The van der Waals surface area contributed by atoms with Crippen LogP contribution in [0.3, 0.4) is 0 Å².